The molecule has 0 bridgehead atoms. The molecule has 3 N–H and O–H groups in total. The summed E-state index contributed by atoms with van der Waals surface area (Å²) >= 11 is 0. The third-order valence-electron chi connectivity index (χ3n) is 5.34. The van der Waals surface area contributed by atoms with E-state index in [1.807, 2.05) is 24.3 Å². The molecule has 1 aliphatic heterocycles. The molecule has 2 aromatic carbocycles. The van der Waals surface area contributed by atoms with Crippen molar-refractivity contribution in [1.82, 2.24) is 4.90 Å². The molecule has 2 aliphatic rings. The molecule has 0 spiro atoms. The lowest BCUT2D eigenvalue weighted by atomic mass is 9.98. The van der Waals surface area contributed by atoms with Crippen molar-refractivity contribution in [1.29, 1.82) is 0 Å². The van der Waals surface area contributed by atoms with E-state index in [1.54, 1.807) is 0 Å². The number of ether oxygens (including phenoxy) is 1. The minimum atomic E-state index is -0.980. The standard InChI is InChI=1S/C20H20N2O4/c21-18-16(19(23)24)9-10-22(18)20(25)26-11-17-14-7-3-1-5-12(14)13-6-2-4-8-15(13)17/h1-8,16-18H,9-11,21H2,(H,23,24). The van der Waals surface area contributed by atoms with Gasteiger partial charge in [0.25, 0.3) is 0 Å². The quantitative estimate of drug-likeness (QED) is 0.886. The molecule has 1 heterocycles. The number of likely N-dealkylation sites (tertiary alicyclic amines) is 1. The van der Waals surface area contributed by atoms with Gasteiger partial charge in [-0.25, -0.2) is 4.79 Å². The van der Waals surface area contributed by atoms with E-state index < -0.39 is 24.1 Å². The summed E-state index contributed by atoms with van der Waals surface area (Å²) in [4.78, 5) is 24.9. The van der Waals surface area contributed by atoms with Crippen LogP contribution in [-0.4, -0.2) is 41.4 Å². The van der Waals surface area contributed by atoms with Crippen LogP contribution >= 0.6 is 0 Å². The molecule has 1 amide bonds. The number of hydrogen-bond donors (Lipinski definition) is 2. The second kappa shape index (κ2) is 6.46. The highest BCUT2D eigenvalue weighted by molar-refractivity contribution is 5.79. The highest BCUT2D eigenvalue weighted by atomic mass is 16.6. The summed E-state index contributed by atoms with van der Waals surface area (Å²) in [5.74, 6) is -1.75. The number of carbonyl (C=O) groups excluding carboxylic acids is 1. The summed E-state index contributed by atoms with van der Waals surface area (Å²) in [5.41, 5.74) is 10.5. The fourth-order valence-corrected chi connectivity index (χ4v) is 3.97. The van der Waals surface area contributed by atoms with Crippen molar-refractivity contribution in [3.8, 4) is 11.1 Å². The van der Waals surface area contributed by atoms with Gasteiger partial charge in [-0.1, -0.05) is 48.5 Å². The average Bonchev–Trinajstić information content (AvgIpc) is 3.18. The van der Waals surface area contributed by atoms with Gasteiger partial charge in [-0.15, -0.1) is 0 Å². The molecule has 0 radical (unpaired) electrons. The van der Waals surface area contributed by atoms with Gasteiger partial charge in [0.1, 0.15) is 6.61 Å². The van der Waals surface area contributed by atoms with Gasteiger partial charge in [0.05, 0.1) is 12.1 Å². The third kappa shape index (κ3) is 2.63. The maximum absolute atomic E-state index is 12.4. The van der Waals surface area contributed by atoms with Crippen LogP contribution in [0.5, 0.6) is 0 Å². The zero-order valence-electron chi connectivity index (χ0n) is 14.2. The van der Waals surface area contributed by atoms with Gasteiger partial charge in [-0.05, 0) is 28.7 Å². The number of carboxylic acids is 1. The first-order valence-electron chi connectivity index (χ1n) is 8.68. The van der Waals surface area contributed by atoms with Crippen LogP contribution < -0.4 is 5.73 Å². The summed E-state index contributed by atoms with van der Waals surface area (Å²) < 4.78 is 5.54. The first-order valence-corrected chi connectivity index (χ1v) is 8.68. The molecule has 2 unspecified atom stereocenters. The van der Waals surface area contributed by atoms with Crippen molar-refractivity contribution in [3.05, 3.63) is 59.7 Å². The van der Waals surface area contributed by atoms with Gasteiger partial charge in [0.2, 0.25) is 0 Å². The second-order valence-electron chi connectivity index (χ2n) is 6.72. The van der Waals surface area contributed by atoms with Crippen LogP contribution in [0.4, 0.5) is 4.79 Å². The highest BCUT2D eigenvalue weighted by Gasteiger charge is 2.40. The largest absolute Gasteiger partial charge is 0.481 e. The number of fused-ring (bicyclic) bond motifs is 3. The molecular weight excluding hydrogens is 332 g/mol. The number of nitrogens with two attached hydrogens (primary N) is 1. The first kappa shape index (κ1) is 16.6. The smallest absolute Gasteiger partial charge is 0.411 e. The molecule has 134 valence electrons. The SMILES string of the molecule is NC1C(C(=O)O)CCN1C(=O)OCC1c2ccccc2-c2ccccc21. The van der Waals surface area contributed by atoms with E-state index in [4.69, 9.17) is 15.6 Å². The predicted octanol–water partition coefficient (Wildman–Crippen LogP) is 2.63. The highest BCUT2D eigenvalue weighted by Crippen LogP contribution is 2.44. The van der Waals surface area contributed by atoms with Crippen LogP contribution in [0.1, 0.15) is 23.5 Å². The fraction of sp³-hybridized carbons (Fsp3) is 0.300. The summed E-state index contributed by atoms with van der Waals surface area (Å²) in [6, 6.07) is 16.2. The molecule has 2 aromatic rings. The molecule has 4 rings (SSSR count). The van der Waals surface area contributed by atoms with Crippen molar-refractivity contribution >= 4 is 12.1 Å². The lowest BCUT2D eigenvalue weighted by molar-refractivity contribution is -0.142. The Kier molecular flexibility index (Phi) is 4.12. The Morgan fingerprint density at radius 1 is 1.08 bits per heavy atom. The maximum Gasteiger partial charge on any atom is 0.411 e. The maximum atomic E-state index is 12.4. The number of rotatable bonds is 3. The van der Waals surface area contributed by atoms with Gasteiger partial charge in [-0.2, -0.15) is 0 Å². The number of benzene rings is 2. The molecule has 1 aliphatic carbocycles. The average molecular weight is 352 g/mol. The van der Waals surface area contributed by atoms with Gasteiger partial charge < -0.3 is 15.6 Å². The normalized spacial score (nSPS) is 21.3. The monoisotopic (exact) mass is 352 g/mol. The number of carboxylic acid groups (broad SMARTS) is 1. The van der Waals surface area contributed by atoms with E-state index in [-0.39, 0.29) is 12.5 Å². The first-order chi connectivity index (χ1) is 12.6. The molecule has 0 aromatic heterocycles. The van der Waals surface area contributed by atoms with Crippen molar-refractivity contribution in [3.63, 3.8) is 0 Å². The van der Waals surface area contributed by atoms with Crippen molar-refractivity contribution < 1.29 is 19.4 Å². The van der Waals surface area contributed by atoms with E-state index in [2.05, 4.69) is 24.3 Å². The van der Waals surface area contributed by atoms with Gasteiger partial charge in [0, 0.05) is 12.5 Å². The van der Waals surface area contributed by atoms with E-state index >= 15 is 0 Å². The minimum Gasteiger partial charge on any atom is -0.481 e. The van der Waals surface area contributed by atoms with Gasteiger partial charge in [-0.3, -0.25) is 9.69 Å². The Bertz CT molecular complexity index is 821. The number of carbonyl (C=O) groups is 2. The lowest BCUT2D eigenvalue weighted by Gasteiger charge is -2.23. The molecule has 6 nitrogen and oxygen atoms in total. The molecule has 1 fully saturated rings. The fourth-order valence-electron chi connectivity index (χ4n) is 3.97. The Morgan fingerprint density at radius 3 is 2.19 bits per heavy atom. The van der Waals surface area contributed by atoms with Crippen molar-refractivity contribution in [2.45, 2.75) is 18.5 Å². The Morgan fingerprint density at radius 2 is 1.65 bits per heavy atom. The molecule has 6 heteroatoms. The lowest BCUT2D eigenvalue weighted by Crippen LogP contribution is -2.46. The zero-order chi connectivity index (χ0) is 18.3. The summed E-state index contributed by atoms with van der Waals surface area (Å²) in [7, 11) is 0. The van der Waals surface area contributed by atoms with Crippen LogP contribution in [0, 0.1) is 5.92 Å². The Balaban J connectivity index is 1.50. The van der Waals surface area contributed by atoms with E-state index in [9.17, 15) is 9.59 Å². The van der Waals surface area contributed by atoms with Crippen LogP contribution in [0.25, 0.3) is 11.1 Å². The molecular formula is C20H20N2O4. The van der Waals surface area contributed by atoms with E-state index in [0.29, 0.717) is 13.0 Å². The number of nitrogens with zero attached hydrogens (tertiary/aromatic N) is 1. The van der Waals surface area contributed by atoms with Gasteiger partial charge >= 0.3 is 12.1 Å². The van der Waals surface area contributed by atoms with Crippen LogP contribution in [0.15, 0.2) is 48.5 Å². The van der Waals surface area contributed by atoms with Crippen molar-refractivity contribution in [2.75, 3.05) is 13.2 Å². The topological polar surface area (TPSA) is 92.9 Å². The summed E-state index contributed by atoms with van der Waals surface area (Å²) in [5, 5.41) is 9.15. The second-order valence-corrected chi connectivity index (χ2v) is 6.72. The Labute approximate surface area is 151 Å². The zero-order valence-corrected chi connectivity index (χ0v) is 14.2. The summed E-state index contributed by atoms with van der Waals surface area (Å²) in [6.07, 6.45) is -1.05. The van der Waals surface area contributed by atoms with Crippen LogP contribution in [-0.2, 0) is 9.53 Å². The third-order valence-corrected chi connectivity index (χ3v) is 5.34. The van der Waals surface area contributed by atoms with E-state index in [1.165, 1.54) is 4.90 Å². The summed E-state index contributed by atoms with van der Waals surface area (Å²) in [6.45, 7) is 0.503. The molecule has 2 atom stereocenters. The van der Waals surface area contributed by atoms with Crippen molar-refractivity contribution in [2.24, 2.45) is 11.7 Å². The molecule has 1 saturated heterocycles. The number of amides is 1. The minimum absolute atomic E-state index is 0.0274. The molecule has 26 heavy (non-hydrogen) atoms. The van der Waals surface area contributed by atoms with Crippen LogP contribution in [0.2, 0.25) is 0 Å². The van der Waals surface area contributed by atoms with Gasteiger partial charge in [0.15, 0.2) is 0 Å². The number of hydrogen-bond acceptors (Lipinski definition) is 4. The predicted molar refractivity (Wildman–Crippen MR) is 95.5 cm³/mol. The Hall–Kier alpha value is -2.86. The number of aliphatic carboxylic acids is 1. The molecule has 0 saturated carbocycles. The van der Waals surface area contributed by atoms with Crippen LogP contribution in [0.3, 0.4) is 0 Å². The van der Waals surface area contributed by atoms with E-state index in [0.717, 1.165) is 22.3 Å².